The van der Waals surface area contributed by atoms with E-state index in [0.717, 1.165) is 0 Å². The first kappa shape index (κ1) is 36.8. The molecule has 1 saturated heterocycles. The molecule has 44 heavy (non-hydrogen) atoms. The Labute approximate surface area is 260 Å². The Bertz CT molecular complexity index is 1210. The molecule has 10 nitrogen and oxygen atoms in total. The van der Waals surface area contributed by atoms with Crippen molar-refractivity contribution in [3.05, 3.63) is 35.6 Å². The lowest BCUT2D eigenvalue weighted by molar-refractivity contribution is -0.258. The van der Waals surface area contributed by atoms with Gasteiger partial charge in [0.05, 0.1) is 21.7 Å². The van der Waals surface area contributed by atoms with Crippen LogP contribution in [0.5, 0.6) is 0 Å². The van der Waals surface area contributed by atoms with E-state index in [1.807, 2.05) is 0 Å². The van der Waals surface area contributed by atoms with Crippen LogP contribution in [0.15, 0.2) is 29.3 Å². The number of ether oxygens (including phenoxy) is 5. The summed E-state index contributed by atoms with van der Waals surface area (Å²) in [6, 6.07) is 5.49. The Balaban J connectivity index is 2.71. The number of rotatable bonds is 7. The van der Waals surface area contributed by atoms with Crippen LogP contribution < -0.4 is 0 Å². The predicted octanol–water partition coefficient (Wildman–Crippen LogP) is 5.43. The highest BCUT2D eigenvalue weighted by atomic mass is 19.1. The number of esters is 4. The zero-order valence-corrected chi connectivity index (χ0v) is 28.0. The lowest BCUT2D eigenvalue weighted by atomic mass is 9.92. The third-order valence-corrected chi connectivity index (χ3v) is 6.41. The van der Waals surface area contributed by atoms with Gasteiger partial charge in [-0.1, -0.05) is 12.1 Å². The molecule has 0 saturated carbocycles. The third-order valence-electron chi connectivity index (χ3n) is 6.41. The monoisotopic (exact) mass is 621 g/mol. The molecule has 5 atom stereocenters. The van der Waals surface area contributed by atoms with Crippen LogP contribution >= 0.6 is 0 Å². The van der Waals surface area contributed by atoms with E-state index in [-0.39, 0.29) is 6.61 Å². The molecule has 0 amide bonds. The third kappa shape index (κ3) is 10.4. The van der Waals surface area contributed by atoms with E-state index in [2.05, 4.69) is 4.99 Å². The predicted molar refractivity (Wildman–Crippen MR) is 161 cm³/mol. The molecule has 11 heteroatoms. The van der Waals surface area contributed by atoms with Crippen LogP contribution in [0.1, 0.15) is 88.6 Å². The molecule has 0 aliphatic carbocycles. The van der Waals surface area contributed by atoms with Gasteiger partial charge >= 0.3 is 23.9 Å². The largest absolute Gasteiger partial charge is 0.462 e. The van der Waals surface area contributed by atoms with E-state index < -0.39 is 82.0 Å². The molecule has 0 aromatic heterocycles. The number of nitrogens with zero attached hydrogens (tertiary/aromatic N) is 1. The van der Waals surface area contributed by atoms with Gasteiger partial charge in [-0.2, -0.15) is 0 Å². The van der Waals surface area contributed by atoms with Gasteiger partial charge in [0.2, 0.25) is 0 Å². The highest BCUT2D eigenvalue weighted by molar-refractivity contribution is 5.80. The molecule has 0 bridgehead atoms. The van der Waals surface area contributed by atoms with Crippen molar-refractivity contribution in [3.63, 3.8) is 0 Å². The average molecular weight is 622 g/mol. The standard InChI is InChI=1S/C33H48FNO9/c1-30(2,3)26(36)40-18-21-22(42-27(37)31(4,5)6)23(43-28(38)32(7,8)9)24(44-29(39)33(10,11)12)25(41-21)35-17-19-13-15-20(34)16-14-19/h13-17,21-25H,18H2,1-12H3/b35-17+/t21-,22-,23+,24-,25?/m1/s1. The van der Waals surface area contributed by atoms with E-state index in [9.17, 15) is 23.6 Å². The molecule has 1 unspecified atom stereocenters. The normalized spacial score (nSPS) is 23.2. The van der Waals surface area contributed by atoms with Crippen LogP contribution in [0.2, 0.25) is 0 Å². The molecule has 0 N–H and O–H groups in total. The summed E-state index contributed by atoms with van der Waals surface area (Å²) >= 11 is 0. The van der Waals surface area contributed by atoms with Crippen LogP contribution in [0.25, 0.3) is 0 Å². The Kier molecular flexibility index (Phi) is 11.5. The molecule has 246 valence electrons. The van der Waals surface area contributed by atoms with Gasteiger partial charge in [-0.3, -0.25) is 24.2 Å². The second-order valence-corrected chi connectivity index (χ2v) is 15.1. The van der Waals surface area contributed by atoms with Gasteiger partial charge in [0.25, 0.3) is 0 Å². The Hall–Kier alpha value is -3.34. The van der Waals surface area contributed by atoms with E-state index in [0.29, 0.717) is 5.56 Å². The van der Waals surface area contributed by atoms with Crippen LogP contribution in [-0.2, 0) is 42.9 Å². The Morgan fingerprint density at radius 1 is 0.682 bits per heavy atom. The Morgan fingerprint density at radius 2 is 1.09 bits per heavy atom. The molecule has 1 heterocycles. The number of hydrogen-bond donors (Lipinski definition) is 0. The SMILES string of the molecule is CC(C)(C)C(=O)OC[C@H]1OC(/N=C/c2ccc(F)cc2)[C@H](OC(=O)C(C)(C)C)[C@@H](OC(=O)C(C)(C)C)[C@@H]1OC(=O)C(C)(C)C. The Morgan fingerprint density at radius 3 is 1.52 bits per heavy atom. The van der Waals surface area contributed by atoms with E-state index >= 15 is 0 Å². The number of halogens is 1. The topological polar surface area (TPSA) is 127 Å². The minimum absolute atomic E-state index is 0.385. The lowest BCUT2D eigenvalue weighted by Crippen LogP contribution is -2.63. The summed E-state index contributed by atoms with van der Waals surface area (Å²) in [6.07, 6.45) is -5.21. The van der Waals surface area contributed by atoms with Gasteiger partial charge in [0, 0.05) is 6.21 Å². The smallest absolute Gasteiger partial charge is 0.311 e. The highest BCUT2D eigenvalue weighted by Gasteiger charge is 2.54. The molecule has 1 aliphatic heterocycles. The molecule has 2 rings (SSSR count). The zero-order valence-electron chi connectivity index (χ0n) is 28.0. The molecule has 1 aliphatic rings. The summed E-state index contributed by atoms with van der Waals surface area (Å²) in [6.45, 7) is 19.5. The van der Waals surface area contributed by atoms with E-state index in [1.165, 1.54) is 30.5 Å². The maximum absolute atomic E-state index is 13.5. The van der Waals surface area contributed by atoms with Crippen molar-refractivity contribution in [2.75, 3.05) is 6.61 Å². The molecular weight excluding hydrogens is 573 g/mol. The summed E-state index contributed by atoms with van der Waals surface area (Å²) in [5.41, 5.74) is -3.27. The van der Waals surface area contributed by atoms with Gasteiger partial charge in [-0.05, 0) is 101 Å². The number of hydrogen-bond acceptors (Lipinski definition) is 10. The summed E-state index contributed by atoms with van der Waals surface area (Å²) in [4.78, 5) is 57.0. The number of carbonyl (C=O) groups is 4. The van der Waals surface area contributed by atoms with Crippen molar-refractivity contribution in [3.8, 4) is 0 Å². The second-order valence-electron chi connectivity index (χ2n) is 15.1. The molecule has 1 fully saturated rings. The minimum Gasteiger partial charge on any atom is -0.462 e. The number of benzene rings is 1. The zero-order chi connectivity index (χ0) is 33.8. The first-order valence-corrected chi connectivity index (χ1v) is 14.7. The van der Waals surface area contributed by atoms with E-state index in [1.54, 1.807) is 83.1 Å². The van der Waals surface area contributed by atoms with Crippen LogP contribution in [0, 0.1) is 27.5 Å². The van der Waals surface area contributed by atoms with Crippen molar-refractivity contribution >= 4 is 30.1 Å². The van der Waals surface area contributed by atoms with Gasteiger partial charge < -0.3 is 23.7 Å². The maximum atomic E-state index is 13.5. The van der Waals surface area contributed by atoms with Crippen molar-refractivity contribution in [1.82, 2.24) is 0 Å². The van der Waals surface area contributed by atoms with Crippen molar-refractivity contribution in [1.29, 1.82) is 0 Å². The van der Waals surface area contributed by atoms with Crippen LogP contribution in [0.4, 0.5) is 4.39 Å². The van der Waals surface area contributed by atoms with Crippen molar-refractivity contribution < 1.29 is 47.3 Å². The summed E-state index contributed by atoms with van der Waals surface area (Å²) in [5, 5.41) is 0. The average Bonchev–Trinajstić information content (AvgIpc) is 2.87. The van der Waals surface area contributed by atoms with Gasteiger partial charge in [-0.25, -0.2) is 4.39 Å². The fraction of sp³-hybridized carbons (Fsp3) is 0.667. The van der Waals surface area contributed by atoms with Gasteiger partial charge in [0.15, 0.2) is 24.5 Å². The molecule has 1 aromatic carbocycles. The quantitative estimate of drug-likeness (QED) is 0.222. The van der Waals surface area contributed by atoms with Gasteiger partial charge in [0.1, 0.15) is 18.5 Å². The van der Waals surface area contributed by atoms with E-state index in [4.69, 9.17) is 23.7 Å². The molecule has 0 radical (unpaired) electrons. The number of carbonyl (C=O) groups excluding carboxylic acids is 4. The molecular formula is C33H48FNO9. The van der Waals surface area contributed by atoms with Crippen LogP contribution in [0.3, 0.4) is 0 Å². The highest BCUT2D eigenvalue weighted by Crippen LogP contribution is 2.34. The second kappa shape index (κ2) is 13.7. The summed E-state index contributed by atoms with van der Waals surface area (Å²) in [7, 11) is 0. The lowest BCUT2D eigenvalue weighted by Gasteiger charge is -2.45. The molecule has 1 aromatic rings. The van der Waals surface area contributed by atoms with Gasteiger partial charge in [-0.15, -0.1) is 0 Å². The minimum atomic E-state index is -1.40. The maximum Gasteiger partial charge on any atom is 0.311 e. The fourth-order valence-corrected chi connectivity index (χ4v) is 3.53. The first-order chi connectivity index (χ1) is 19.9. The summed E-state index contributed by atoms with van der Waals surface area (Å²) < 4.78 is 43.1. The number of aliphatic imine (C=N–C) groups is 1. The molecule has 0 spiro atoms. The fourth-order valence-electron chi connectivity index (χ4n) is 3.53. The van der Waals surface area contributed by atoms with Crippen molar-refractivity contribution in [2.24, 2.45) is 26.7 Å². The van der Waals surface area contributed by atoms with Crippen molar-refractivity contribution in [2.45, 2.75) is 114 Å². The first-order valence-electron chi connectivity index (χ1n) is 14.7. The summed E-state index contributed by atoms with van der Waals surface area (Å²) in [5.74, 6) is -2.94. The van der Waals surface area contributed by atoms with Crippen LogP contribution in [-0.4, -0.2) is 67.3 Å².